The maximum atomic E-state index is 12.9. The minimum atomic E-state index is -0.237. The summed E-state index contributed by atoms with van der Waals surface area (Å²) in [6, 6.07) is 13.3. The van der Waals surface area contributed by atoms with Gasteiger partial charge in [0.25, 0.3) is 5.91 Å². The summed E-state index contributed by atoms with van der Waals surface area (Å²) in [6.07, 6.45) is 2.63. The van der Waals surface area contributed by atoms with Crippen molar-refractivity contribution in [1.29, 1.82) is 0 Å². The van der Waals surface area contributed by atoms with Crippen molar-refractivity contribution >= 4 is 5.91 Å². The zero-order chi connectivity index (χ0) is 18.1. The van der Waals surface area contributed by atoms with Gasteiger partial charge in [-0.05, 0) is 30.7 Å². The van der Waals surface area contributed by atoms with Gasteiger partial charge in [-0.15, -0.1) is 0 Å². The summed E-state index contributed by atoms with van der Waals surface area (Å²) >= 11 is 0. The third-order valence-electron chi connectivity index (χ3n) is 4.64. The summed E-state index contributed by atoms with van der Waals surface area (Å²) in [5, 5.41) is 7.40. The largest absolute Gasteiger partial charge is 0.497 e. The van der Waals surface area contributed by atoms with E-state index in [4.69, 9.17) is 4.74 Å². The summed E-state index contributed by atoms with van der Waals surface area (Å²) in [5.74, 6) is 0.725. The fourth-order valence-corrected chi connectivity index (χ4v) is 3.50. The van der Waals surface area contributed by atoms with Crippen molar-refractivity contribution < 1.29 is 9.53 Å². The van der Waals surface area contributed by atoms with E-state index in [2.05, 4.69) is 22.1 Å². The Labute approximate surface area is 151 Å². The van der Waals surface area contributed by atoms with Crippen LogP contribution in [0.5, 0.6) is 5.75 Å². The van der Waals surface area contributed by atoms with Crippen molar-refractivity contribution in [2.45, 2.75) is 19.4 Å². The summed E-state index contributed by atoms with van der Waals surface area (Å²) in [6.45, 7) is 2.73. The number of hydrogen-bond donors (Lipinski definition) is 1. The van der Waals surface area contributed by atoms with E-state index in [0.717, 1.165) is 34.7 Å². The minimum absolute atomic E-state index is 0.0286. The molecule has 1 N–H and O–H groups in total. The van der Waals surface area contributed by atoms with Crippen molar-refractivity contribution in [3.63, 3.8) is 0 Å². The van der Waals surface area contributed by atoms with Gasteiger partial charge in [0.2, 0.25) is 0 Å². The summed E-state index contributed by atoms with van der Waals surface area (Å²) in [4.78, 5) is 19.3. The first-order chi connectivity index (χ1) is 12.7. The van der Waals surface area contributed by atoms with Gasteiger partial charge in [0.15, 0.2) is 0 Å². The molecule has 0 bridgehead atoms. The predicted octanol–water partition coefficient (Wildman–Crippen LogP) is 3.44. The number of carbonyl (C=O) groups is 1. The Kier molecular flexibility index (Phi) is 4.16. The maximum Gasteiger partial charge on any atom is 0.273 e. The van der Waals surface area contributed by atoms with E-state index < -0.39 is 0 Å². The normalized spacial score (nSPS) is 16.0. The highest BCUT2D eigenvalue weighted by Crippen LogP contribution is 2.42. The summed E-state index contributed by atoms with van der Waals surface area (Å²) in [7, 11) is 1.64. The number of aromatic nitrogens is 3. The fraction of sp³-hybridized carbons (Fsp3) is 0.250. The number of rotatable bonds is 5. The number of benzene rings is 1. The highest BCUT2D eigenvalue weighted by molar-refractivity contribution is 6.00. The Morgan fingerprint density at radius 3 is 2.85 bits per heavy atom. The van der Waals surface area contributed by atoms with Gasteiger partial charge < -0.3 is 9.64 Å². The quantitative estimate of drug-likeness (QED) is 0.767. The number of H-pyrrole nitrogens is 1. The van der Waals surface area contributed by atoms with Gasteiger partial charge in [0.05, 0.1) is 18.5 Å². The molecule has 1 aromatic carbocycles. The first-order valence-electron chi connectivity index (χ1n) is 8.69. The number of ether oxygens (including phenoxy) is 1. The minimum Gasteiger partial charge on any atom is -0.497 e. The highest BCUT2D eigenvalue weighted by Gasteiger charge is 2.42. The lowest BCUT2D eigenvalue weighted by Crippen LogP contribution is -2.30. The van der Waals surface area contributed by atoms with Gasteiger partial charge in [-0.25, -0.2) is 0 Å². The molecule has 1 aliphatic rings. The van der Waals surface area contributed by atoms with Crippen LogP contribution in [0, 0.1) is 0 Å². The number of pyridine rings is 1. The molecule has 0 fully saturated rings. The van der Waals surface area contributed by atoms with Crippen molar-refractivity contribution in [2.24, 2.45) is 0 Å². The van der Waals surface area contributed by atoms with E-state index in [9.17, 15) is 4.79 Å². The van der Waals surface area contributed by atoms with Crippen LogP contribution in [0.3, 0.4) is 0 Å². The molecule has 132 valence electrons. The van der Waals surface area contributed by atoms with Crippen LogP contribution in [-0.2, 0) is 0 Å². The molecule has 6 nitrogen and oxygen atoms in total. The third-order valence-corrected chi connectivity index (χ3v) is 4.64. The van der Waals surface area contributed by atoms with Gasteiger partial charge >= 0.3 is 0 Å². The second kappa shape index (κ2) is 6.63. The molecule has 0 saturated heterocycles. The van der Waals surface area contributed by atoms with Gasteiger partial charge in [0.1, 0.15) is 17.5 Å². The maximum absolute atomic E-state index is 12.9. The van der Waals surface area contributed by atoms with Gasteiger partial charge in [0, 0.05) is 23.9 Å². The molecule has 6 heteroatoms. The molecule has 0 unspecified atom stereocenters. The van der Waals surface area contributed by atoms with Crippen LogP contribution in [0.4, 0.5) is 0 Å². The molecule has 3 heterocycles. The third kappa shape index (κ3) is 2.54. The fourth-order valence-electron chi connectivity index (χ4n) is 3.50. The molecule has 1 amide bonds. The van der Waals surface area contributed by atoms with Crippen LogP contribution in [0.25, 0.3) is 11.3 Å². The summed E-state index contributed by atoms with van der Waals surface area (Å²) in [5.41, 5.74) is 3.95. The van der Waals surface area contributed by atoms with E-state index in [-0.39, 0.29) is 11.9 Å². The summed E-state index contributed by atoms with van der Waals surface area (Å²) < 4.78 is 5.34. The van der Waals surface area contributed by atoms with E-state index in [0.29, 0.717) is 12.2 Å². The number of nitrogens with one attached hydrogen (secondary N) is 1. The Morgan fingerprint density at radius 2 is 2.12 bits per heavy atom. The number of fused-ring (bicyclic) bond motifs is 1. The van der Waals surface area contributed by atoms with Crippen molar-refractivity contribution in [3.05, 3.63) is 65.6 Å². The number of aromatic amines is 1. The van der Waals surface area contributed by atoms with Crippen molar-refractivity contribution in [1.82, 2.24) is 20.1 Å². The lowest BCUT2D eigenvalue weighted by atomic mass is 9.99. The topological polar surface area (TPSA) is 71.1 Å². The number of amides is 1. The van der Waals surface area contributed by atoms with E-state index >= 15 is 0 Å². The van der Waals surface area contributed by atoms with E-state index in [1.807, 2.05) is 47.4 Å². The van der Waals surface area contributed by atoms with Gasteiger partial charge in [-0.2, -0.15) is 5.10 Å². The van der Waals surface area contributed by atoms with Crippen LogP contribution >= 0.6 is 0 Å². The Bertz CT molecular complexity index is 936. The molecule has 26 heavy (non-hydrogen) atoms. The predicted molar refractivity (Wildman–Crippen MR) is 98.0 cm³/mol. The highest BCUT2D eigenvalue weighted by atomic mass is 16.5. The molecule has 3 aromatic rings. The average Bonchev–Trinajstić information content (AvgIpc) is 3.23. The molecular formula is C20H20N4O2. The number of carbonyl (C=O) groups excluding carboxylic acids is 1. The van der Waals surface area contributed by atoms with Crippen LogP contribution in [0.2, 0.25) is 0 Å². The van der Waals surface area contributed by atoms with Crippen molar-refractivity contribution in [3.8, 4) is 17.0 Å². The van der Waals surface area contributed by atoms with Crippen LogP contribution in [0.15, 0.2) is 48.7 Å². The Morgan fingerprint density at radius 1 is 1.23 bits per heavy atom. The second-order valence-corrected chi connectivity index (χ2v) is 6.25. The lowest BCUT2D eigenvalue weighted by Gasteiger charge is -2.25. The molecule has 2 aromatic heterocycles. The monoisotopic (exact) mass is 348 g/mol. The molecule has 0 saturated carbocycles. The standard InChI is InChI=1S/C20H20N4O2/c1-3-11-24-19(15-9-4-5-10-21-15)16-17(22-23-18(16)20(24)25)13-7-6-8-14(12-13)26-2/h4-10,12,19H,3,11H2,1-2H3,(H,22,23)/t19-/m1/s1. The number of methoxy groups -OCH3 is 1. The average molecular weight is 348 g/mol. The number of hydrogen-bond acceptors (Lipinski definition) is 4. The van der Waals surface area contributed by atoms with Gasteiger partial charge in [-0.3, -0.25) is 14.9 Å². The molecule has 4 rings (SSSR count). The molecule has 0 radical (unpaired) electrons. The Hall–Kier alpha value is -3.15. The van der Waals surface area contributed by atoms with Crippen molar-refractivity contribution in [2.75, 3.05) is 13.7 Å². The van der Waals surface area contributed by atoms with Gasteiger partial charge in [-0.1, -0.05) is 25.1 Å². The Balaban J connectivity index is 1.88. The zero-order valence-corrected chi connectivity index (χ0v) is 14.8. The smallest absolute Gasteiger partial charge is 0.273 e. The SMILES string of the molecule is CCCN1C(=O)c2[nH]nc(-c3cccc(OC)c3)c2[C@H]1c1ccccn1. The first-order valence-corrected chi connectivity index (χ1v) is 8.69. The second-order valence-electron chi connectivity index (χ2n) is 6.25. The molecule has 0 aliphatic carbocycles. The zero-order valence-electron chi connectivity index (χ0n) is 14.8. The molecular weight excluding hydrogens is 328 g/mol. The van der Waals surface area contributed by atoms with Crippen LogP contribution in [-0.4, -0.2) is 39.6 Å². The van der Waals surface area contributed by atoms with E-state index in [1.165, 1.54) is 0 Å². The molecule has 1 atom stereocenters. The van der Waals surface area contributed by atoms with Crippen LogP contribution in [0.1, 0.15) is 41.1 Å². The molecule has 1 aliphatic heterocycles. The van der Waals surface area contributed by atoms with Crippen LogP contribution < -0.4 is 4.74 Å². The van der Waals surface area contributed by atoms with E-state index in [1.54, 1.807) is 13.3 Å². The molecule has 0 spiro atoms. The number of nitrogens with zero attached hydrogens (tertiary/aromatic N) is 3. The lowest BCUT2D eigenvalue weighted by molar-refractivity contribution is 0.0741. The first kappa shape index (κ1) is 16.3.